The Hall–Kier alpha value is -1.19. The van der Waals surface area contributed by atoms with E-state index >= 15 is 0 Å². The molecule has 2 unspecified atom stereocenters. The summed E-state index contributed by atoms with van der Waals surface area (Å²) in [6, 6.07) is -0.338. The van der Waals surface area contributed by atoms with Crippen LogP contribution in [0.5, 0.6) is 0 Å². The van der Waals surface area contributed by atoms with Crippen LogP contribution in [-0.2, 0) is 24.2 Å². The molecule has 2 atom stereocenters. The van der Waals surface area contributed by atoms with Crippen molar-refractivity contribution in [1.29, 1.82) is 0 Å². The predicted molar refractivity (Wildman–Crippen MR) is 92.1 cm³/mol. The first kappa shape index (κ1) is 20.1. The predicted octanol–water partition coefficient (Wildman–Crippen LogP) is -0.0223. The lowest BCUT2D eigenvalue weighted by Gasteiger charge is -2.32. The van der Waals surface area contributed by atoms with Crippen LogP contribution in [0, 0.1) is 0 Å². The minimum atomic E-state index is -3.11. The van der Waals surface area contributed by atoms with Crippen molar-refractivity contribution in [2.75, 3.05) is 44.3 Å². The Labute approximate surface area is 149 Å². The van der Waals surface area contributed by atoms with Crippen LogP contribution in [0.2, 0.25) is 0 Å². The monoisotopic (exact) mass is 376 g/mol. The largest absolute Gasteiger partial charge is 0.480 e. The summed E-state index contributed by atoms with van der Waals surface area (Å²) in [7, 11) is -3.11. The van der Waals surface area contributed by atoms with E-state index in [0.29, 0.717) is 26.1 Å². The van der Waals surface area contributed by atoms with Gasteiger partial charge in [0.2, 0.25) is 5.91 Å². The molecular formula is C16H28N2O6S. The Balaban J connectivity index is 2.06. The number of aliphatic carboxylic acids is 1. The van der Waals surface area contributed by atoms with E-state index in [2.05, 4.69) is 0 Å². The number of carbonyl (C=O) groups excluding carboxylic acids is 1. The molecule has 2 aliphatic heterocycles. The molecule has 2 heterocycles. The topological polar surface area (TPSA) is 104 Å². The number of hydrogen-bond donors (Lipinski definition) is 1. The number of hydrogen-bond acceptors (Lipinski definition) is 6. The number of carbonyl (C=O) groups is 2. The van der Waals surface area contributed by atoms with Gasteiger partial charge in [-0.1, -0.05) is 6.92 Å². The minimum absolute atomic E-state index is 0.0105. The van der Waals surface area contributed by atoms with E-state index in [0.717, 1.165) is 19.3 Å². The van der Waals surface area contributed by atoms with E-state index in [1.54, 1.807) is 9.80 Å². The van der Waals surface area contributed by atoms with Crippen molar-refractivity contribution in [3.05, 3.63) is 0 Å². The summed E-state index contributed by atoms with van der Waals surface area (Å²) < 4.78 is 29.2. The molecule has 25 heavy (non-hydrogen) atoms. The van der Waals surface area contributed by atoms with Crippen molar-refractivity contribution in [2.24, 2.45) is 0 Å². The molecule has 144 valence electrons. The number of sulfone groups is 1. The molecule has 2 rings (SSSR count). The molecule has 0 aromatic carbocycles. The summed E-state index contributed by atoms with van der Waals surface area (Å²) in [5.74, 6) is -1.11. The molecule has 0 saturated carbocycles. The number of rotatable bonds is 9. The fraction of sp³-hybridized carbons (Fsp3) is 0.875. The number of carboxylic acid groups (broad SMARTS) is 1. The molecule has 0 spiro atoms. The highest BCUT2D eigenvalue weighted by molar-refractivity contribution is 7.91. The van der Waals surface area contributed by atoms with E-state index in [1.807, 2.05) is 6.92 Å². The summed E-state index contributed by atoms with van der Waals surface area (Å²) in [5, 5.41) is 9.01. The standard InChI is InChI=1S/C16H28N2O6S/c1-2-6-17(11-16(20)21)10-15(19)18(9-14-4-3-7-24-14)13-5-8-25(22,23)12-13/h13-14H,2-12H2,1H3,(H,20,21). The molecule has 0 bridgehead atoms. The van der Waals surface area contributed by atoms with Crippen LogP contribution in [0.3, 0.4) is 0 Å². The van der Waals surface area contributed by atoms with Crippen LogP contribution in [0.25, 0.3) is 0 Å². The second kappa shape index (κ2) is 8.95. The third-order valence-corrected chi connectivity index (χ3v) is 6.40. The van der Waals surface area contributed by atoms with E-state index < -0.39 is 15.8 Å². The fourth-order valence-corrected chi connectivity index (χ4v) is 5.22. The molecule has 1 N–H and O–H groups in total. The van der Waals surface area contributed by atoms with Gasteiger partial charge in [-0.3, -0.25) is 14.5 Å². The maximum absolute atomic E-state index is 12.8. The molecule has 8 nitrogen and oxygen atoms in total. The van der Waals surface area contributed by atoms with Crippen molar-refractivity contribution < 1.29 is 27.9 Å². The summed E-state index contributed by atoms with van der Waals surface area (Å²) in [6.45, 7) is 3.27. The Bertz CT molecular complexity index is 573. The van der Waals surface area contributed by atoms with Crippen molar-refractivity contribution in [3.63, 3.8) is 0 Å². The Morgan fingerprint density at radius 2 is 2.00 bits per heavy atom. The van der Waals surface area contributed by atoms with Gasteiger partial charge in [-0.15, -0.1) is 0 Å². The molecular weight excluding hydrogens is 348 g/mol. The fourth-order valence-electron chi connectivity index (χ4n) is 3.49. The quantitative estimate of drug-likeness (QED) is 0.603. The molecule has 9 heteroatoms. The maximum atomic E-state index is 12.8. The number of nitrogens with zero attached hydrogens (tertiary/aromatic N) is 2. The molecule has 0 aromatic rings. The van der Waals surface area contributed by atoms with Gasteiger partial charge in [-0.2, -0.15) is 0 Å². The lowest BCUT2D eigenvalue weighted by Crippen LogP contribution is -2.49. The van der Waals surface area contributed by atoms with E-state index in [9.17, 15) is 18.0 Å². The van der Waals surface area contributed by atoms with Crippen molar-refractivity contribution >= 4 is 21.7 Å². The van der Waals surface area contributed by atoms with Crippen molar-refractivity contribution in [3.8, 4) is 0 Å². The van der Waals surface area contributed by atoms with Gasteiger partial charge in [0, 0.05) is 19.2 Å². The second-order valence-corrected chi connectivity index (χ2v) is 9.07. The molecule has 0 aliphatic carbocycles. The molecule has 2 saturated heterocycles. The highest BCUT2D eigenvalue weighted by atomic mass is 32.2. The van der Waals surface area contributed by atoms with Crippen LogP contribution >= 0.6 is 0 Å². The van der Waals surface area contributed by atoms with E-state index in [1.165, 1.54) is 0 Å². The lowest BCUT2D eigenvalue weighted by molar-refractivity contribution is -0.140. The van der Waals surface area contributed by atoms with E-state index in [4.69, 9.17) is 9.84 Å². The van der Waals surface area contributed by atoms with Crippen LogP contribution in [-0.4, -0.2) is 91.6 Å². The SMILES string of the molecule is CCCN(CC(=O)O)CC(=O)N(CC1CCCO1)C1CCS(=O)(=O)C1. The molecule has 0 aromatic heterocycles. The normalized spacial score (nSPS) is 25.4. The number of amides is 1. The third-order valence-electron chi connectivity index (χ3n) is 4.65. The summed E-state index contributed by atoms with van der Waals surface area (Å²) in [6.07, 6.45) is 2.91. The number of carboxylic acids is 1. The maximum Gasteiger partial charge on any atom is 0.317 e. The first-order valence-corrected chi connectivity index (χ1v) is 10.7. The van der Waals surface area contributed by atoms with Crippen molar-refractivity contribution in [1.82, 2.24) is 9.80 Å². The van der Waals surface area contributed by atoms with Gasteiger partial charge in [0.25, 0.3) is 0 Å². The van der Waals surface area contributed by atoms with Crippen LogP contribution < -0.4 is 0 Å². The van der Waals surface area contributed by atoms with Crippen LogP contribution in [0.4, 0.5) is 0 Å². The second-order valence-electron chi connectivity index (χ2n) is 6.84. The molecule has 2 aliphatic rings. The van der Waals surface area contributed by atoms with E-state index in [-0.39, 0.29) is 42.6 Å². The molecule has 2 fully saturated rings. The number of ether oxygens (including phenoxy) is 1. The molecule has 0 radical (unpaired) electrons. The average molecular weight is 376 g/mol. The summed E-state index contributed by atoms with van der Waals surface area (Å²) >= 11 is 0. The van der Waals surface area contributed by atoms with Crippen LogP contribution in [0.1, 0.15) is 32.6 Å². The van der Waals surface area contributed by atoms with Gasteiger partial charge in [-0.05, 0) is 32.2 Å². The Kier molecular flexibility index (Phi) is 7.21. The highest BCUT2D eigenvalue weighted by Crippen LogP contribution is 2.21. The zero-order valence-corrected chi connectivity index (χ0v) is 15.5. The van der Waals surface area contributed by atoms with Gasteiger partial charge in [-0.25, -0.2) is 8.42 Å². The Morgan fingerprint density at radius 3 is 2.52 bits per heavy atom. The first-order valence-electron chi connectivity index (χ1n) is 8.86. The zero-order valence-electron chi connectivity index (χ0n) is 14.7. The zero-order chi connectivity index (χ0) is 18.4. The van der Waals surface area contributed by atoms with Gasteiger partial charge < -0.3 is 14.7 Å². The first-order chi connectivity index (χ1) is 11.8. The smallest absolute Gasteiger partial charge is 0.317 e. The lowest BCUT2D eigenvalue weighted by atomic mass is 10.1. The third kappa shape index (κ3) is 6.23. The van der Waals surface area contributed by atoms with Gasteiger partial charge >= 0.3 is 5.97 Å². The highest BCUT2D eigenvalue weighted by Gasteiger charge is 2.36. The summed E-state index contributed by atoms with van der Waals surface area (Å²) in [4.78, 5) is 27.0. The van der Waals surface area contributed by atoms with Crippen LogP contribution in [0.15, 0.2) is 0 Å². The molecule has 1 amide bonds. The van der Waals surface area contributed by atoms with Gasteiger partial charge in [0.1, 0.15) is 0 Å². The average Bonchev–Trinajstić information content (AvgIpc) is 3.13. The minimum Gasteiger partial charge on any atom is -0.480 e. The Morgan fingerprint density at radius 1 is 1.24 bits per heavy atom. The summed E-state index contributed by atoms with van der Waals surface area (Å²) in [5.41, 5.74) is 0. The van der Waals surface area contributed by atoms with Crippen molar-refractivity contribution in [2.45, 2.75) is 44.8 Å². The van der Waals surface area contributed by atoms with Gasteiger partial charge in [0.15, 0.2) is 9.84 Å². The van der Waals surface area contributed by atoms with Gasteiger partial charge in [0.05, 0.1) is 30.7 Å².